The van der Waals surface area contributed by atoms with Gasteiger partial charge in [-0.15, -0.1) is 14.8 Å². The van der Waals surface area contributed by atoms with Gasteiger partial charge in [0, 0.05) is 5.56 Å². The minimum atomic E-state index is -3.26. The predicted molar refractivity (Wildman–Crippen MR) is 44.5 cm³/mol. The first-order valence-electron chi connectivity index (χ1n) is 3.95. The molecule has 2 N–H and O–H groups in total. The van der Waals surface area contributed by atoms with Gasteiger partial charge in [-0.2, -0.15) is 0 Å². The number of halogens is 3. The summed E-state index contributed by atoms with van der Waals surface area (Å²) in [6.07, 6.45) is 0. The molecule has 0 aliphatic carbocycles. The first kappa shape index (κ1) is 12.9. The topological polar surface area (TPSA) is 68.2 Å². The van der Waals surface area contributed by atoms with Crippen LogP contribution < -0.4 is 5.46 Å². The smallest absolute Gasteiger partial charge is 0.423 e. The quantitative estimate of drug-likeness (QED) is 0.565. The van der Waals surface area contributed by atoms with Crippen LogP contribution in [0.5, 0.6) is 0 Å². The fraction of sp³-hybridized carbons (Fsp3) is 0.143. The maximum atomic E-state index is 11.9. The van der Waals surface area contributed by atoms with Gasteiger partial charge < -0.3 is 10.0 Å². The molecule has 0 fully saturated rings. The Hall–Kier alpha value is -1.13. The summed E-state index contributed by atoms with van der Waals surface area (Å²) in [6.45, 7) is 0. The highest BCUT2D eigenvalue weighted by atomic mass is 19.3. The zero-order chi connectivity index (χ0) is 12.2. The lowest BCUT2D eigenvalue weighted by Gasteiger charge is -2.18. The molecular formula is C7H6BF3O5. The highest BCUT2D eigenvalue weighted by Crippen LogP contribution is 2.29. The summed E-state index contributed by atoms with van der Waals surface area (Å²) in [5.41, 5.74) is -0.473. The molecule has 0 aliphatic heterocycles. The Morgan fingerprint density at radius 1 is 0.938 bits per heavy atom. The number of hydrogen-bond donors (Lipinski definition) is 2. The Kier molecular flexibility index (Phi) is 4.27. The molecular weight excluding hydrogens is 232 g/mol. The number of benzene rings is 1. The van der Waals surface area contributed by atoms with Crippen molar-refractivity contribution in [1.29, 1.82) is 0 Å². The minimum Gasteiger partial charge on any atom is -0.423 e. The third-order valence-corrected chi connectivity index (χ3v) is 1.87. The van der Waals surface area contributed by atoms with E-state index in [-0.39, 0.29) is 5.46 Å². The zero-order valence-electron chi connectivity index (χ0n) is 7.64. The van der Waals surface area contributed by atoms with Crippen molar-refractivity contribution >= 4 is 12.6 Å². The second-order valence-corrected chi connectivity index (χ2v) is 2.78. The second-order valence-electron chi connectivity index (χ2n) is 2.78. The van der Waals surface area contributed by atoms with Crippen molar-refractivity contribution in [3.8, 4) is 0 Å². The van der Waals surface area contributed by atoms with Gasteiger partial charge in [-0.05, 0) is 19.0 Å². The van der Waals surface area contributed by atoms with Crippen LogP contribution in [0.1, 0.15) is 5.56 Å². The SMILES string of the molecule is OB(O)c1ccc(C(OF)(OF)OF)cc1. The lowest BCUT2D eigenvalue weighted by atomic mass is 9.80. The van der Waals surface area contributed by atoms with Crippen LogP contribution in [-0.2, 0) is 20.8 Å². The average molecular weight is 238 g/mol. The van der Waals surface area contributed by atoms with Crippen molar-refractivity contribution in [3.05, 3.63) is 29.8 Å². The first-order valence-corrected chi connectivity index (χ1v) is 3.95. The summed E-state index contributed by atoms with van der Waals surface area (Å²) in [4.78, 5) is 8.71. The zero-order valence-corrected chi connectivity index (χ0v) is 7.64. The molecule has 0 heterocycles. The molecule has 0 aromatic heterocycles. The Morgan fingerprint density at radius 3 is 1.69 bits per heavy atom. The number of rotatable bonds is 5. The molecule has 0 saturated carbocycles. The van der Waals surface area contributed by atoms with Crippen molar-refractivity contribution in [2.75, 3.05) is 0 Å². The second kappa shape index (κ2) is 5.28. The van der Waals surface area contributed by atoms with Crippen LogP contribution in [0.4, 0.5) is 13.6 Å². The largest absolute Gasteiger partial charge is 0.488 e. The molecule has 9 heteroatoms. The third kappa shape index (κ3) is 2.34. The highest BCUT2D eigenvalue weighted by Gasteiger charge is 2.41. The molecule has 0 amide bonds. The van der Waals surface area contributed by atoms with E-state index in [0.717, 1.165) is 24.3 Å². The van der Waals surface area contributed by atoms with E-state index in [0.29, 0.717) is 0 Å². The van der Waals surface area contributed by atoms with E-state index in [2.05, 4.69) is 14.8 Å². The van der Waals surface area contributed by atoms with E-state index in [1.807, 2.05) is 0 Å². The molecule has 5 nitrogen and oxygen atoms in total. The molecule has 1 aromatic carbocycles. The predicted octanol–water partition coefficient (Wildman–Crippen LogP) is 0.180. The van der Waals surface area contributed by atoms with Crippen LogP contribution in [0.15, 0.2) is 24.3 Å². The van der Waals surface area contributed by atoms with Gasteiger partial charge in [0.1, 0.15) is 0 Å². The van der Waals surface area contributed by atoms with E-state index >= 15 is 0 Å². The van der Waals surface area contributed by atoms with E-state index in [1.54, 1.807) is 0 Å². The summed E-state index contributed by atoms with van der Waals surface area (Å²) >= 11 is 0. The van der Waals surface area contributed by atoms with Crippen molar-refractivity contribution in [1.82, 2.24) is 0 Å². The van der Waals surface area contributed by atoms with E-state index in [9.17, 15) is 13.6 Å². The van der Waals surface area contributed by atoms with Gasteiger partial charge in [0.25, 0.3) is 0 Å². The van der Waals surface area contributed by atoms with Gasteiger partial charge in [0.05, 0.1) is 0 Å². The summed E-state index contributed by atoms with van der Waals surface area (Å²) in [5.74, 6) is -3.26. The Labute approximate surface area is 87.8 Å². The van der Waals surface area contributed by atoms with Crippen molar-refractivity contribution in [2.45, 2.75) is 5.97 Å². The molecule has 0 radical (unpaired) electrons. The fourth-order valence-corrected chi connectivity index (χ4v) is 1.03. The summed E-state index contributed by atoms with van der Waals surface area (Å²) in [7, 11) is -1.77. The standard InChI is InChI=1S/C7H6BF3O5/c9-14-7(15-10,16-11)5-1-3-6(4-2-5)8(12)13/h1-4,12-13H. The van der Waals surface area contributed by atoms with Gasteiger partial charge in [0.15, 0.2) is 0 Å². The fourth-order valence-electron chi connectivity index (χ4n) is 1.03. The lowest BCUT2D eigenvalue weighted by molar-refractivity contribution is -0.560. The van der Waals surface area contributed by atoms with E-state index in [1.165, 1.54) is 0 Å². The summed E-state index contributed by atoms with van der Waals surface area (Å²) < 4.78 is 35.8. The summed E-state index contributed by atoms with van der Waals surface area (Å²) in [6, 6.07) is 3.97. The van der Waals surface area contributed by atoms with Crippen molar-refractivity contribution in [2.24, 2.45) is 0 Å². The van der Waals surface area contributed by atoms with Gasteiger partial charge in [-0.25, -0.2) is 0 Å². The third-order valence-electron chi connectivity index (χ3n) is 1.87. The molecule has 1 rings (SSSR count). The highest BCUT2D eigenvalue weighted by molar-refractivity contribution is 6.58. The Morgan fingerprint density at radius 2 is 1.38 bits per heavy atom. The van der Waals surface area contributed by atoms with Crippen LogP contribution in [0.25, 0.3) is 0 Å². The van der Waals surface area contributed by atoms with Crippen molar-refractivity contribution < 1.29 is 38.5 Å². The molecule has 0 spiro atoms. The van der Waals surface area contributed by atoms with Crippen LogP contribution in [0.2, 0.25) is 0 Å². The van der Waals surface area contributed by atoms with E-state index < -0.39 is 18.7 Å². The van der Waals surface area contributed by atoms with Crippen LogP contribution in [0.3, 0.4) is 0 Å². The maximum Gasteiger partial charge on any atom is 0.488 e. The number of hydrogen-bond acceptors (Lipinski definition) is 5. The summed E-state index contributed by atoms with van der Waals surface area (Å²) in [5, 5.41) is 17.5. The molecule has 0 saturated heterocycles. The molecule has 0 bridgehead atoms. The molecule has 0 atom stereocenters. The molecule has 0 unspecified atom stereocenters. The van der Waals surface area contributed by atoms with Gasteiger partial charge in [0.2, 0.25) is 0 Å². The average Bonchev–Trinajstić information content (AvgIpc) is 2.33. The lowest BCUT2D eigenvalue weighted by Crippen LogP contribution is -2.32. The monoisotopic (exact) mass is 238 g/mol. The Balaban J connectivity index is 3.03. The van der Waals surface area contributed by atoms with Gasteiger partial charge >= 0.3 is 13.1 Å². The van der Waals surface area contributed by atoms with Gasteiger partial charge in [-0.1, -0.05) is 24.3 Å². The van der Waals surface area contributed by atoms with Crippen LogP contribution in [0, 0.1) is 0 Å². The minimum absolute atomic E-state index is 0.0224. The van der Waals surface area contributed by atoms with E-state index in [4.69, 9.17) is 10.0 Å². The first-order chi connectivity index (χ1) is 7.59. The maximum absolute atomic E-state index is 11.9. The molecule has 16 heavy (non-hydrogen) atoms. The Bertz CT molecular complexity index is 321. The normalized spacial score (nSPS) is 11.6. The van der Waals surface area contributed by atoms with Gasteiger partial charge in [-0.3, -0.25) is 0 Å². The van der Waals surface area contributed by atoms with Crippen molar-refractivity contribution in [3.63, 3.8) is 0 Å². The molecule has 0 aliphatic rings. The van der Waals surface area contributed by atoms with Crippen LogP contribution in [-0.4, -0.2) is 17.2 Å². The molecule has 1 aromatic rings. The van der Waals surface area contributed by atoms with Crippen LogP contribution >= 0.6 is 0 Å². The molecule has 88 valence electrons.